The van der Waals surface area contributed by atoms with Gasteiger partial charge in [-0.1, -0.05) is 0 Å². The summed E-state index contributed by atoms with van der Waals surface area (Å²) >= 11 is 0. The molecule has 0 aliphatic carbocycles. The van der Waals surface area contributed by atoms with Crippen LogP contribution >= 0.6 is 0 Å². The summed E-state index contributed by atoms with van der Waals surface area (Å²) < 4.78 is 0. The van der Waals surface area contributed by atoms with Gasteiger partial charge in [0.15, 0.2) is 5.43 Å². The highest BCUT2D eigenvalue weighted by Crippen LogP contribution is 1.87. The minimum Gasteiger partial charge on any atom is -0.367 e. The molecule has 0 aliphatic heterocycles. The van der Waals surface area contributed by atoms with Gasteiger partial charge in [0.1, 0.15) is 5.56 Å². The molecule has 1 heterocycles. The molecule has 1 aromatic rings. The summed E-state index contributed by atoms with van der Waals surface area (Å²) in [5.74, 6) is 1.99. The molecular formula is C10H10N2O2. The summed E-state index contributed by atoms with van der Waals surface area (Å²) in [5.41, 5.74) is -0.202. The van der Waals surface area contributed by atoms with Crippen molar-refractivity contribution >= 4 is 5.91 Å². The zero-order valence-electron chi connectivity index (χ0n) is 7.54. The Bertz CT molecular complexity index is 415. The van der Waals surface area contributed by atoms with Crippen molar-refractivity contribution in [3.8, 4) is 12.3 Å². The maximum atomic E-state index is 11.3. The number of rotatable bonds is 3. The van der Waals surface area contributed by atoms with Crippen LogP contribution in [-0.4, -0.2) is 17.4 Å². The van der Waals surface area contributed by atoms with Gasteiger partial charge in [-0.15, -0.1) is 12.3 Å². The number of aromatic nitrogens is 1. The molecule has 0 saturated heterocycles. The van der Waals surface area contributed by atoms with Gasteiger partial charge in [0.25, 0.3) is 5.91 Å². The Balaban J connectivity index is 2.67. The number of pyridine rings is 1. The van der Waals surface area contributed by atoms with Gasteiger partial charge in [-0.25, -0.2) is 0 Å². The number of nitrogens with one attached hydrogen (secondary N) is 2. The van der Waals surface area contributed by atoms with E-state index in [1.54, 1.807) is 0 Å². The van der Waals surface area contributed by atoms with Gasteiger partial charge < -0.3 is 10.3 Å². The Labute approximate surface area is 81.3 Å². The minimum atomic E-state index is -0.401. The molecule has 2 N–H and O–H groups in total. The third-order valence-corrected chi connectivity index (χ3v) is 1.62. The second-order valence-corrected chi connectivity index (χ2v) is 2.63. The van der Waals surface area contributed by atoms with Crippen molar-refractivity contribution in [3.05, 3.63) is 34.2 Å². The zero-order valence-corrected chi connectivity index (χ0v) is 7.54. The third-order valence-electron chi connectivity index (χ3n) is 1.62. The first kappa shape index (κ1) is 10.1. The van der Waals surface area contributed by atoms with Gasteiger partial charge in [0.2, 0.25) is 0 Å². The monoisotopic (exact) mass is 190 g/mol. The summed E-state index contributed by atoms with van der Waals surface area (Å²) in [6.45, 7) is 0.379. The quantitative estimate of drug-likeness (QED) is 0.525. The summed E-state index contributed by atoms with van der Waals surface area (Å²) in [7, 11) is 0. The van der Waals surface area contributed by atoms with Gasteiger partial charge >= 0.3 is 0 Å². The van der Waals surface area contributed by atoms with Crippen LogP contribution in [0, 0.1) is 12.3 Å². The normalized spacial score (nSPS) is 9.07. The van der Waals surface area contributed by atoms with E-state index < -0.39 is 5.91 Å². The van der Waals surface area contributed by atoms with Crippen LogP contribution in [0.15, 0.2) is 23.3 Å². The lowest BCUT2D eigenvalue weighted by molar-refractivity contribution is 0.0953. The van der Waals surface area contributed by atoms with Crippen molar-refractivity contribution in [1.82, 2.24) is 10.3 Å². The Kier molecular flexibility index (Phi) is 3.50. The Morgan fingerprint density at radius 2 is 2.43 bits per heavy atom. The highest BCUT2D eigenvalue weighted by Gasteiger charge is 2.07. The summed E-state index contributed by atoms with van der Waals surface area (Å²) in [6, 6.07) is 1.30. The molecule has 0 saturated carbocycles. The topological polar surface area (TPSA) is 62.0 Å². The van der Waals surface area contributed by atoms with Crippen LogP contribution in [0.4, 0.5) is 0 Å². The summed E-state index contributed by atoms with van der Waals surface area (Å²) in [6.07, 6.45) is 8.31. The number of aromatic amines is 1. The lowest BCUT2D eigenvalue weighted by Gasteiger charge is -2.00. The van der Waals surface area contributed by atoms with Crippen molar-refractivity contribution in [3.63, 3.8) is 0 Å². The van der Waals surface area contributed by atoms with Crippen LogP contribution in [0.25, 0.3) is 0 Å². The predicted octanol–water partition coefficient (Wildman–Crippen LogP) is 0.128. The summed E-state index contributed by atoms with van der Waals surface area (Å²) in [5, 5.41) is 2.54. The maximum absolute atomic E-state index is 11.3. The molecule has 0 aromatic carbocycles. The summed E-state index contributed by atoms with van der Waals surface area (Å²) in [4.78, 5) is 25.2. The molecule has 0 atom stereocenters. The highest BCUT2D eigenvalue weighted by molar-refractivity contribution is 5.93. The van der Waals surface area contributed by atoms with Crippen molar-refractivity contribution in [2.75, 3.05) is 6.54 Å². The van der Waals surface area contributed by atoms with Crippen LogP contribution in [0.1, 0.15) is 16.8 Å². The van der Waals surface area contributed by atoms with Gasteiger partial charge in [-0.2, -0.15) is 0 Å². The van der Waals surface area contributed by atoms with Crippen LogP contribution in [0.3, 0.4) is 0 Å². The number of H-pyrrole nitrogens is 1. The molecular weight excluding hydrogens is 180 g/mol. The molecule has 0 fully saturated rings. The van der Waals surface area contributed by atoms with E-state index in [1.165, 1.54) is 18.5 Å². The minimum absolute atomic E-state index is 0.101. The van der Waals surface area contributed by atoms with Gasteiger partial charge in [-0.05, 0) is 0 Å². The van der Waals surface area contributed by atoms with E-state index in [-0.39, 0.29) is 11.0 Å². The number of carbonyl (C=O) groups is 1. The number of hydrogen-bond donors (Lipinski definition) is 2. The third kappa shape index (κ3) is 2.49. The SMILES string of the molecule is C#CCCNC(=O)c1c[nH]ccc1=O. The largest absolute Gasteiger partial charge is 0.367 e. The fraction of sp³-hybridized carbons (Fsp3) is 0.200. The van der Waals surface area contributed by atoms with E-state index in [9.17, 15) is 9.59 Å². The van der Waals surface area contributed by atoms with Gasteiger partial charge in [0.05, 0.1) is 0 Å². The number of carbonyl (C=O) groups excluding carboxylic acids is 1. The van der Waals surface area contributed by atoms with Crippen molar-refractivity contribution in [1.29, 1.82) is 0 Å². The molecule has 0 aliphatic rings. The molecule has 0 unspecified atom stereocenters. The average Bonchev–Trinajstić information content (AvgIpc) is 2.18. The van der Waals surface area contributed by atoms with Crippen LogP contribution in [-0.2, 0) is 0 Å². The van der Waals surface area contributed by atoms with E-state index in [2.05, 4.69) is 16.2 Å². The molecule has 4 heteroatoms. The fourth-order valence-electron chi connectivity index (χ4n) is 0.937. The van der Waals surface area contributed by atoms with Crippen LogP contribution < -0.4 is 10.7 Å². The first-order valence-electron chi connectivity index (χ1n) is 4.14. The van der Waals surface area contributed by atoms with Crippen molar-refractivity contribution in [2.45, 2.75) is 6.42 Å². The van der Waals surface area contributed by atoms with E-state index in [1.807, 2.05) is 0 Å². The van der Waals surface area contributed by atoms with E-state index in [4.69, 9.17) is 6.42 Å². The van der Waals surface area contributed by atoms with Crippen molar-refractivity contribution in [2.24, 2.45) is 0 Å². The molecule has 0 radical (unpaired) electrons. The first-order valence-corrected chi connectivity index (χ1v) is 4.14. The lowest BCUT2D eigenvalue weighted by Crippen LogP contribution is -2.28. The maximum Gasteiger partial charge on any atom is 0.256 e. The second-order valence-electron chi connectivity index (χ2n) is 2.63. The number of amides is 1. The molecule has 4 nitrogen and oxygen atoms in total. The molecule has 72 valence electrons. The van der Waals surface area contributed by atoms with Crippen molar-refractivity contribution < 1.29 is 4.79 Å². The Morgan fingerprint density at radius 3 is 3.07 bits per heavy atom. The van der Waals surface area contributed by atoms with E-state index in [0.717, 1.165) is 0 Å². The average molecular weight is 190 g/mol. The van der Waals surface area contributed by atoms with Crippen LogP contribution in [0.2, 0.25) is 0 Å². The molecule has 1 aromatic heterocycles. The number of hydrogen-bond acceptors (Lipinski definition) is 2. The Hall–Kier alpha value is -2.02. The van der Waals surface area contributed by atoms with Gasteiger partial charge in [-0.3, -0.25) is 9.59 Å². The molecule has 0 spiro atoms. The van der Waals surface area contributed by atoms with E-state index >= 15 is 0 Å². The fourth-order valence-corrected chi connectivity index (χ4v) is 0.937. The molecule has 0 bridgehead atoms. The predicted molar refractivity (Wildman–Crippen MR) is 52.8 cm³/mol. The second kappa shape index (κ2) is 4.87. The molecule has 1 rings (SSSR count). The molecule has 1 amide bonds. The Morgan fingerprint density at radius 1 is 1.64 bits per heavy atom. The lowest BCUT2D eigenvalue weighted by atomic mass is 10.2. The van der Waals surface area contributed by atoms with Crippen LogP contribution in [0.5, 0.6) is 0 Å². The highest BCUT2D eigenvalue weighted by atomic mass is 16.2. The number of terminal acetylenes is 1. The molecule has 14 heavy (non-hydrogen) atoms. The standard InChI is InChI=1S/C10H10N2O2/c1-2-3-5-12-10(14)8-7-11-6-4-9(8)13/h1,4,6-7H,3,5H2,(H,11,13)(H,12,14). The van der Waals surface area contributed by atoms with Gasteiger partial charge in [0, 0.05) is 31.4 Å². The zero-order chi connectivity index (χ0) is 10.4. The first-order chi connectivity index (χ1) is 6.75. The van der Waals surface area contributed by atoms with E-state index in [0.29, 0.717) is 13.0 Å². The smallest absolute Gasteiger partial charge is 0.256 e.